The second-order valence-corrected chi connectivity index (χ2v) is 3.95. The molecule has 0 spiro atoms. The van der Waals surface area contributed by atoms with Crippen LogP contribution in [-0.2, 0) is 0 Å². The Hall–Kier alpha value is -0.0200. The van der Waals surface area contributed by atoms with Crippen LogP contribution >= 0.6 is 27.7 Å². The van der Waals surface area contributed by atoms with Crippen LogP contribution in [0, 0.1) is 12.7 Å². The fourth-order valence-electron chi connectivity index (χ4n) is 0.740. The summed E-state index contributed by atoms with van der Waals surface area (Å²) in [7, 11) is 0. The van der Waals surface area contributed by atoms with Gasteiger partial charge in [-0.15, -0.1) is 11.8 Å². The maximum absolute atomic E-state index is 13.0. The number of halogens is 2. The molecule has 0 aliphatic rings. The molecule has 11 heavy (non-hydrogen) atoms. The van der Waals surface area contributed by atoms with Crippen LogP contribution in [0.5, 0.6) is 0 Å². The Balaban J connectivity index is 3.21. The lowest BCUT2D eigenvalue weighted by molar-refractivity contribution is 0.613. The molecule has 0 heterocycles. The van der Waals surface area contributed by atoms with E-state index in [0.717, 1.165) is 9.37 Å². The lowest BCUT2D eigenvalue weighted by Gasteiger charge is -2.02. The van der Waals surface area contributed by atoms with E-state index < -0.39 is 0 Å². The highest BCUT2D eigenvalue weighted by Crippen LogP contribution is 2.25. The fraction of sp³-hybridized carbons (Fsp3) is 0.250. The number of benzene rings is 1. The van der Waals surface area contributed by atoms with E-state index in [9.17, 15) is 4.39 Å². The van der Waals surface area contributed by atoms with Crippen molar-refractivity contribution in [2.24, 2.45) is 0 Å². The number of hydrogen-bond donors (Lipinski definition) is 0. The minimum Gasteiger partial charge on any atom is -0.207 e. The van der Waals surface area contributed by atoms with Gasteiger partial charge in [0.25, 0.3) is 0 Å². The quantitative estimate of drug-likeness (QED) is 0.670. The summed E-state index contributed by atoms with van der Waals surface area (Å²) >= 11 is 4.82. The largest absolute Gasteiger partial charge is 0.207 e. The van der Waals surface area contributed by atoms with Crippen LogP contribution in [0.2, 0.25) is 0 Å². The van der Waals surface area contributed by atoms with Gasteiger partial charge in [0.05, 0.1) is 0 Å². The third kappa shape index (κ3) is 1.97. The molecule has 0 nitrogen and oxygen atoms in total. The highest BCUT2D eigenvalue weighted by atomic mass is 79.9. The summed E-state index contributed by atoms with van der Waals surface area (Å²) in [5.41, 5.74) is 0.669. The maximum atomic E-state index is 13.0. The first-order chi connectivity index (χ1) is 5.15. The van der Waals surface area contributed by atoms with Gasteiger partial charge < -0.3 is 0 Å². The molecule has 0 fully saturated rings. The van der Waals surface area contributed by atoms with Crippen molar-refractivity contribution in [3.05, 3.63) is 28.0 Å². The molecule has 0 amide bonds. The van der Waals surface area contributed by atoms with Crippen molar-refractivity contribution in [2.45, 2.75) is 11.8 Å². The molecule has 0 bridgehead atoms. The smallest absolute Gasteiger partial charge is 0.128 e. The molecule has 0 N–H and O–H groups in total. The summed E-state index contributed by atoms with van der Waals surface area (Å²) in [6.45, 7) is 1.75. The Morgan fingerprint density at radius 1 is 1.45 bits per heavy atom. The van der Waals surface area contributed by atoms with Crippen LogP contribution < -0.4 is 0 Å². The van der Waals surface area contributed by atoms with Gasteiger partial charge in [-0.2, -0.15) is 0 Å². The first kappa shape index (κ1) is 9.07. The highest BCUT2D eigenvalue weighted by Gasteiger charge is 2.03. The standard InChI is InChI=1S/C8H8BrFS/c1-5-7(9)3-6(11-2)4-8(5)10/h3-4H,1-2H3. The van der Waals surface area contributed by atoms with Crippen molar-refractivity contribution >= 4 is 27.7 Å². The zero-order chi connectivity index (χ0) is 8.43. The van der Waals surface area contributed by atoms with Gasteiger partial charge in [0.15, 0.2) is 0 Å². The van der Waals surface area contributed by atoms with Crippen molar-refractivity contribution < 1.29 is 4.39 Å². The molecule has 1 aromatic carbocycles. The molecule has 60 valence electrons. The van der Waals surface area contributed by atoms with Gasteiger partial charge in [-0.05, 0) is 30.9 Å². The van der Waals surface area contributed by atoms with E-state index in [-0.39, 0.29) is 5.82 Å². The van der Waals surface area contributed by atoms with Crippen LogP contribution in [0.25, 0.3) is 0 Å². The zero-order valence-electron chi connectivity index (χ0n) is 6.32. The molecule has 1 aromatic rings. The summed E-state index contributed by atoms with van der Waals surface area (Å²) < 4.78 is 13.8. The summed E-state index contributed by atoms with van der Waals surface area (Å²) in [5.74, 6) is -0.149. The Morgan fingerprint density at radius 2 is 2.09 bits per heavy atom. The number of hydrogen-bond acceptors (Lipinski definition) is 1. The third-order valence-electron chi connectivity index (χ3n) is 1.49. The van der Waals surface area contributed by atoms with E-state index in [1.165, 1.54) is 11.8 Å². The van der Waals surface area contributed by atoms with Gasteiger partial charge in [-0.3, -0.25) is 0 Å². The number of thioether (sulfide) groups is 1. The van der Waals surface area contributed by atoms with Crippen LogP contribution in [0.1, 0.15) is 5.56 Å². The van der Waals surface area contributed by atoms with Gasteiger partial charge in [0, 0.05) is 9.37 Å². The van der Waals surface area contributed by atoms with Crippen molar-refractivity contribution in [1.29, 1.82) is 0 Å². The van der Waals surface area contributed by atoms with Gasteiger partial charge in [-0.1, -0.05) is 15.9 Å². The molecule has 0 saturated carbocycles. The van der Waals surface area contributed by atoms with Crippen LogP contribution in [0.15, 0.2) is 21.5 Å². The second kappa shape index (κ2) is 3.59. The second-order valence-electron chi connectivity index (χ2n) is 2.22. The van der Waals surface area contributed by atoms with E-state index in [0.29, 0.717) is 5.56 Å². The topological polar surface area (TPSA) is 0 Å². The summed E-state index contributed by atoms with van der Waals surface area (Å²) in [5, 5.41) is 0. The highest BCUT2D eigenvalue weighted by molar-refractivity contribution is 9.10. The minimum absolute atomic E-state index is 0.149. The molecule has 0 aliphatic carbocycles. The molecule has 0 saturated heterocycles. The summed E-state index contributed by atoms with van der Waals surface area (Å²) in [4.78, 5) is 0.944. The van der Waals surface area contributed by atoms with E-state index >= 15 is 0 Å². The fourth-order valence-corrected chi connectivity index (χ4v) is 1.78. The summed E-state index contributed by atoms with van der Waals surface area (Å²) in [6.07, 6.45) is 1.93. The Bertz CT molecular complexity index is 250. The first-order valence-electron chi connectivity index (χ1n) is 3.15. The van der Waals surface area contributed by atoms with Crippen molar-refractivity contribution in [3.8, 4) is 0 Å². The first-order valence-corrected chi connectivity index (χ1v) is 5.16. The molecular weight excluding hydrogens is 227 g/mol. The average molecular weight is 235 g/mol. The van der Waals surface area contributed by atoms with Gasteiger partial charge >= 0.3 is 0 Å². The lowest BCUT2D eigenvalue weighted by atomic mass is 10.2. The predicted octanol–water partition coefficient (Wildman–Crippen LogP) is 3.62. The van der Waals surface area contributed by atoms with Crippen LogP contribution in [0.4, 0.5) is 4.39 Å². The summed E-state index contributed by atoms with van der Waals surface area (Å²) in [6, 6.07) is 3.47. The van der Waals surface area contributed by atoms with Crippen LogP contribution in [-0.4, -0.2) is 6.26 Å². The van der Waals surface area contributed by atoms with Gasteiger partial charge in [0.1, 0.15) is 5.82 Å². The molecule has 0 atom stereocenters. The molecule has 0 unspecified atom stereocenters. The Kier molecular flexibility index (Phi) is 2.96. The van der Waals surface area contributed by atoms with Crippen molar-refractivity contribution in [1.82, 2.24) is 0 Å². The van der Waals surface area contributed by atoms with Crippen LogP contribution in [0.3, 0.4) is 0 Å². The average Bonchev–Trinajstić information content (AvgIpc) is 1.99. The number of rotatable bonds is 1. The molecule has 0 radical (unpaired) electrons. The monoisotopic (exact) mass is 234 g/mol. The molecule has 0 aliphatic heterocycles. The lowest BCUT2D eigenvalue weighted by Crippen LogP contribution is -1.84. The van der Waals surface area contributed by atoms with E-state index in [1.807, 2.05) is 12.3 Å². The van der Waals surface area contributed by atoms with E-state index in [1.54, 1.807) is 13.0 Å². The van der Waals surface area contributed by atoms with E-state index in [4.69, 9.17) is 0 Å². The van der Waals surface area contributed by atoms with Crippen molar-refractivity contribution in [3.63, 3.8) is 0 Å². The Morgan fingerprint density at radius 3 is 2.55 bits per heavy atom. The maximum Gasteiger partial charge on any atom is 0.128 e. The predicted molar refractivity (Wildman–Crippen MR) is 50.6 cm³/mol. The Labute approximate surface area is 78.3 Å². The zero-order valence-corrected chi connectivity index (χ0v) is 8.72. The minimum atomic E-state index is -0.149. The normalized spacial score (nSPS) is 10.2. The van der Waals surface area contributed by atoms with Crippen molar-refractivity contribution in [2.75, 3.05) is 6.26 Å². The molecular formula is C8H8BrFS. The molecule has 3 heteroatoms. The third-order valence-corrected chi connectivity index (χ3v) is 3.02. The molecule has 0 aromatic heterocycles. The van der Waals surface area contributed by atoms with Gasteiger partial charge in [-0.25, -0.2) is 4.39 Å². The van der Waals surface area contributed by atoms with Gasteiger partial charge in [0.2, 0.25) is 0 Å². The SMILES string of the molecule is CSc1cc(F)c(C)c(Br)c1. The van der Waals surface area contributed by atoms with E-state index in [2.05, 4.69) is 15.9 Å². The molecule has 1 rings (SSSR count).